The predicted octanol–water partition coefficient (Wildman–Crippen LogP) is 16.3. The zero-order chi connectivity index (χ0) is 41.7. The Bertz CT molecular complexity index is 3190. The van der Waals surface area contributed by atoms with Crippen LogP contribution in [0.25, 0.3) is 54.6 Å². The van der Waals surface area contributed by atoms with Gasteiger partial charge in [-0.2, -0.15) is 0 Å². The zero-order valence-electron chi connectivity index (χ0n) is 35.8. The molecule has 0 amide bonds. The molecule has 296 valence electrons. The van der Waals surface area contributed by atoms with Crippen molar-refractivity contribution in [2.24, 2.45) is 0 Å². The van der Waals surface area contributed by atoms with Crippen molar-refractivity contribution in [2.75, 3.05) is 4.90 Å². The molecule has 1 aliphatic carbocycles. The van der Waals surface area contributed by atoms with Gasteiger partial charge >= 0.3 is 0 Å². The van der Waals surface area contributed by atoms with Crippen LogP contribution in [0.3, 0.4) is 0 Å². The lowest BCUT2D eigenvalue weighted by Gasteiger charge is -2.36. The summed E-state index contributed by atoms with van der Waals surface area (Å²) in [5, 5.41) is 7.18. The molecule has 0 unspecified atom stereocenters. The van der Waals surface area contributed by atoms with Crippen LogP contribution in [0.5, 0.6) is 0 Å². The molecule has 0 radical (unpaired) electrons. The first-order chi connectivity index (χ1) is 29.5. The third-order valence-electron chi connectivity index (χ3n) is 13.2. The van der Waals surface area contributed by atoms with Gasteiger partial charge in [0.25, 0.3) is 0 Å². The van der Waals surface area contributed by atoms with Gasteiger partial charge in [-0.3, -0.25) is 0 Å². The summed E-state index contributed by atoms with van der Waals surface area (Å²) in [7, 11) is 0. The van der Waals surface area contributed by atoms with Gasteiger partial charge in [-0.05, 0) is 108 Å². The van der Waals surface area contributed by atoms with Crippen molar-refractivity contribution in [3.05, 3.63) is 221 Å². The van der Waals surface area contributed by atoms with Gasteiger partial charge in [0.15, 0.2) is 0 Å². The van der Waals surface area contributed by atoms with Crippen molar-refractivity contribution in [3.63, 3.8) is 0 Å². The smallest absolute Gasteiger partial charge is 0.145 e. The summed E-state index contributed by atoms with van der Waals surface area (Å²) in [5.41, 5.74) is 14.3. The number of anilines is 3. The summed E-state index contributed by atoms with van der Waals surface area (Å²) in [6.45, 7) is 13.7. The Kier molecular flexibility index (Phi) is 8.25. The lowest BCUT2D eigenvalue weighted by molar-refractivity contribution is 0.590. The molecule has 1 aliphatic rings. The van der Waals surface area contributed by atoms with Crippen molar-refractivity contribution < 1.29 is 4.42 Å². The number of hydrogen-bond donors (Lipinski definition) is 0. The van der Waals surface area contributed by atoms with E-state index in [1.807, 2.05) is 0 Å². The summed E-state index contributed by atoms with van der Waals surface area (Å²) in [6, 6.07) is 69.9. The first kappa shape index (κ1) is 37.1. The Morgan fingerprint density at radius 3 is 1.39 bits per heavy atom. The van der Waals surface area contributed by atoms with Crippen molar-refractivity contribution in [2.45, 2.75) is 57.8 Å². The number of rotatable bonds is 5. The molecule has 0 saturated carbocycles. The monoisotopic (exact) mass is 787 g/mol. The Hall–Kier alpha value is -6.90. The molecule has 1 aromatic heterocycles. The first-order valence-corrected chi connectivity index (χ1v) is 21.6. The molecule has 0 N–H and O–H groups in total. The number of para-hydroxylation sites is 1. The van der Waals surface area contributed by atoms with Crippen LogP contribution in [0.15, 0.2) is 192 Å². The molecule has 2 nitrogen and oxygen atoms in total. The third kappa shape index (κ3) is 5.55. The van der Waals surface area contributed by atoms with Gasteiger partial charge in [0.2, 0.25) is 0 Å². The normalized spacial score (nSPS) is 13.5. The molecule has 0 aliphatic heterocycles. The van der Waals surface area contributed by atoms with Crippen LogP contribution in [-0.2, 0) is 16.2 Å². The largest absolute Gasteiger partial charge is 0.455 e. The molecule has 10 aromatic rings. The highest BCUT2D eigenvalue weighted by atomic mass is 16.3. The minimum atomic E-state index is -0.698. The maximum absolute atomic E-state index is 7.34. The van der Waals surface area contributed by atoms with Crippen LogP contribution in [0.4, 0.5) is 17.1 Å². The number of hydrogen-bond acceptors (Lipinski definition) is 2. The van der Waals surface area contributed by atoms with E-state index in [2.05, 4.69) is 234 Å². The fraction of sp³-hybridized carbons (Fsp3) is 0.153. The number of furan rings is 1. The van der Waals surface area contributed by atoms with E-state index in [4.69, 9.17) is 4.42 Å². The molecule has 0 spiro atoms. The molecule has 0 bridgehead atoms. The Morgan fingerprint density at radius 1 is 0.426 bits per heavy atom. The number of benzene rings is 9. The van der Waals surface area contributed by atoms with Gasteiger partial charge < -0.3 is 9.32 Å². The van der Waals surface area contributed by atoms with Gasteiger partial charge in [-0.1, -0.05) is 193 Å². The van der Waals surface area contributed by atoms with Gasteiger partial charge in [-0.25, -0.2) is 0 Å². The van der Waals surface area contributed by atoms with E-state index in [9.17, 15) is 0 Å². The van der Waals surface area contributed by atoms with Gasteiger partial charge in [0.1, 0.15) is 11.2 Å². The summed E-state index contributed by atoms with van der Waals surface area (Å²) < 4.78 is 7.34. The fourth-order valence-corrected chi connectivity index (χ4v) is 10.3. The fourth-order valence-electron chi connectivity index (χ4n) is 10.3. The van der Waals surface area contributed by atoms with Crippen LogP contribution < -0.4 is 4.90 Å². The molecule has 0 atom stereocenters. The minimum Gasteiger partial charge on any atom is -0.455 e. The molecule has 0 fully saturated rings. The average Bonchev–Trinajstić information content (AvgIpc) is 3.82. The van der Waals surface area contributed by atoms with E-state index in [1.54, 1.807) is 0 Å². The molecule has 9 aromatic carbocycles. The summed E-state index contributed by atoms with van der Waals surface area (Å²) in [4.78, 5) is 2.48. The highest BCUT2D eigenvalue weighted by Crippen LogP contribution is 2.64. The van der Waals surface area contributed by atoms with Crippen LogP contribution >= 0.6 is 0 Å². The molecule has 61 heavy (non-hydrogen) atoms. The van der Waals surface area contributed by atoms with Crippen molar-refractivity contribution in [3.8, 4) is 11.1 Å². The molecule has 2 heteroatoms. The molecular weight excluding hydrogens is 739 g/mol. The minimum absolute atomic E-state index is 0.0155. The van der Waals surface area contributed by atoms with Gasteiger partial charge in [0, 0.05) is 22.3 Å². The summed E-state index contributed by atoms with van der Waals surface area (Å²) in [5.74, 6) is 0. The average molecular weight is 788 g/mol. The van der Waals surface area contributed by atoms with Crippen molar-refractivity contribution in [1.82, 2.24) is 0 Å². The summed E-state index contributed by atoms with van der Waals surface area (Å²) in [6.07, 6.45) is 0. The van der Waals surface area contributed by atoms with Gasteiger partial charge in [-0.15, -0.1) is 0 Å². The van der Waals surface area contributed by atoms with Crippen LogP contribution in [0.1, 0.15) is 74.9 Å². The summed E-state index contributed by atoms with van der Waals surface area (Å²) >= 11 is 0. The third-order valence-corrected chi connectivity index (χ3v) is 13.2. The van der Waals surface area contributed by atoms with Crippen LogP contribution in [0, 0.1) is 0 Å². The highest BCUT2D eigenvalue weighted by Gasteiger charge is 2.50. The molecule has 1 heterocycles. The molecule has 0 saturated heterocycles. The van der Waals surface area contributed by atoms with E-state index >= 15 is 0 Å². The second kappa shape index (κ2) is 13.6. The Labute approximate surface area is 358 Å². The van der Waals surface area contributed by atoms with Crippen LogP contribution in [-0.4, -0.2) is 0 Å². The maximum atomic E-state index is 7.34. The van der Waals surface area contributed by atoms with E-state index in [0.29, 0.717) is 0 Å². The second-order valence-corrected chi connectivity index (χ2v) is 18.9. The number of fused-ring (bicyclic) bond motifs is 12. The maximum Gasteiger partial charge on any atom is 0.145 e. The van der Waals surface area contributed by atoms with E-state index in [1.165, 1.54) is 60.5 Å². The first-order valence-electron chi connectivity index (χ1n) is 21.6. The quantitative estimate of drug-likeness (QED) is 0.162. The van der Waals surface area contributed by atoms with Crippen molar-refractivity contribution in [1.29, 1.82) is 0 Å². The molecular formula is C59H49NO. The van der Waals surface area contributed by atoms with E-state index in [0.717, 1.165) is 44.6 Å². The second-order valence-electron chi connectivity index (χ2n) is 18.9. The lowest BCUT2D eigenvalue weighted by atomic mass is 9.66. The standard InChI is InChI=1S/C59H49NO/c1-57(2,3)38-29-33-42(34-30-38)60(43-35-31-39(32-36-43)58(4,5)6)50-37-49-54(56-52(50)48-27-17-18-28-51(48)61-56)53-46-25-15-13-23-44(46)45-24-14-16-26-47(45)55(53)59(49,40-19-9-7-10-20-40)41-21-11-8-12-22-41/h7-37H,1-6H3. The van der Waals surface area contributed by atoms with E-state index in [-0.39, 0.29) is 10.8 Å². The van der Waals surface area contributed by atoms with Crippen molar-refractivity contribution >= 4 is 60.5 Å². The Morgan fingerprint density at radius 2 is 0.869 bits per heavy atom. The SMILES string of the molecule is CC(C)(C)c1ccc(N(c2ccc(C(C)(C)C)cc2)c2cc3c(c4oc5ccccc5c24)-c2c(c4ccccc4c4ccccc24)C3(c2ccccc2)c2ccccc2)cc1. The number of nitrogens with zero attached hydrogens (tertiary/aromatic N) is 1. The van der Waals surface area contributed by atoms with Gasteiger partial charge in [0.05, 0.1) is 16.5 Å². The van der Waals surface area contributed by atoms with E-state index < -0.39 is 5.41 Å². The topological polar surface area (TPSA) is 16.4 Å². The molecule has 11 rings (SSSR count). The Balaban J connectivity index is 1.36. The predicted molar refractivity (Wildman–Crippen MR) is 258 cm³/mol. The lowest BCUT2D eigenvalue weighted by Crippen LogP contribution is -2.29. The highest BCUT2D eigenvalue weighted by molar-refractivity contribution is 6.25. The van der Waals surface area contributed by atoms with Crippen LogP contribution in [0.2, 0.25) is 0 Å². The zero-order valence-corrected chi connectivity index (χ0v) is 35.8.